The number of amides is 1. The summed E-state index contributed by atoms with van der Waals surface area (Å²) in [4.78, 5) is 11.8. The van der Waals surface area contributed by atoms with Crippen LogP contribution in [0.4, 0.5) is 0 Å². The Morgan fingerprint density at radius 3 is 2.40 bits per heavy atom. The van der Waals surface area contributed by atoms with Crippen molar-refractivity contribution in [3.8, 4) is 0 Å². The van der Waals surface area contributed by atoms with Crippen LogP contribution in [0.25, 0.3) is 0 Å². The highest BCUT2D eigenvalue weighted by molar-refractivity contribution is 6.30. The molecule has 1 N–H and O–H groups in total. The zero-order valence-electron chi connectivity index (χ0n) is 11.1. The van der Waals surface area contributed by atoms with Crippen molar-refractivity contribution in [2.45, 2.75) is 13.3 Å². The fourth-order valence-corrected chi connectivity index (χ4v) is 1.80. The second-order valence-corrected chi connectivity index (χ2v) is 4.74. The zero-order valence-corrected chi connectivity index (χ0v) is 11.9. The van der Waals surface area contributed by atoms with Crippen LogP contribution in [0.1, 0.15) is 28.4 Å². The minimum atomic E-state index is -0.261. The van der Waals surface area contributed by atoms with E-state index in [0.717, 1.165) is 12.0 Å². The number of hydrogen-bond acceptors (Lipinski definition) is 2. The maximum Gasteiger partial charge on any atom is 0.271 e. The summed E-state index contributed by atoms with van der Waals surface area (Å²) in [5.74, 6) is -0.261. The second-order valence-electron chi connectivity index (χ2n) is 4.30. The van der Waals surface area contributed by atoms with Crippen molar-refractivity contribution in [2.75, 3.05) is 0 Å². The summed E-state index contributed by atoms with van der Waals surface area (Å²) in [6.45, 7) is 2.11. The van der Waals surface area contributed by atoms with Gasteiger partial charge >= 0.3 is 0 Å². The van der Waals surface area contributed by atoms with Crippen molar-refractivity contribution in [2.24, 2.45) is 5.10 Å². The Bertz CT molecular complexity index is 603. The Hall–Kier alpha value is -2.13. The highest BCUT2D eigenvalue weighted by Crippen LogP contribution is 2.09. The Balaban J connectivity index is 1.95. The minimum absolute atomic E-state index is 0.261. The van der Waals surface area contributed by atoms with Crippen molar-refractivity contribution < 1.29 is 4.79 Å². The second kappa shape index (κ2) is 6.87. The molecule has 4 heteroatoms. The van der Waals surface area contributed by atoms with Crippen LogP contribution in [0, 0.1) is 0 Å². The van der Waals surface area contributed by atoms with Crippen molar-refractivity contribution in [1.29, 1.82) is 0 Å². The van der Waals surface area contributed by atoms with E-state index in [1.807, 2.05) is 24.3 Å². The van der Waals surface area contributed by atoms with Crippen molar-refractivity contribution in [3.63, 3.8) is 0 Å². The number of benzene rings is 2. The van der Waals surface area contributed by atoms with Crippen LogP contribution in [-0.2, 0) is 6.42 Å². The smallest absolute Gasteiger partial charge is 0.267 e. The van der Waals surface area contributed by atoms with Crippen LogP contribution in [0.5, 0.6) is 0 Å². The van der Waals surface area contributed by atoms with Crippen LogP contribution < -0.4 is 5.43 Å². The summed E-state index contributed by atoms with van der Waals surface area (Å²) < 4.78 is 0. The summed E-state index contributed by atoms with van der Waals surface area (Å²) >= 11 is 5.76. The van der Waals surface area contributed by atoms with Gasteiger partial charge in [0.2, 0.25) is 0 Å². The van der Waals surface area contributed by atoms with Crippen LogP contribution >= 0.6 is 11.6 Å². The molecular formula is C16H15ClN2O. The first-order valence-electron chi connectivity index (χ1n) is 6.37. The molecule has 0 aliphatic rings. The lowest BCUT2D eigenvalue weighted by Gasteiger charge is -2.00. The monoisotopic (exact) mass is 286 g/mol. The van der Waals surface area contributed by atoms with Gasteiger partial charge in [-0.15, -0.1) is 0 Å². The summed E-state index contributed by atoms with van der Waals surface area (Å²) in [7, 11) is 0. The molecule has 0 bridgehead atoms. The van der Waals surface area contributed by atoms with E-state index < -0.39 is 0 Å². The van der Waals surface area contributed by atoms with Gasteiger partial charge in [-0.3, -0.25) is 4.79 Å². The van der Waals surface area contributed by atoms with Gasteiger partial charge in [0, 0.05) is 10.6 Å². The third-order valence-electron chi connectivity index (χ3n) is 2.87. The molecule has 0 radical (unpaired) electrons. The number of nitrogens with zero attached hydrogens (tertiary/aromatic N) is 1. The van der Waals surface area contributed by atoms with Gasteiger partial charge in [-0.05, 0) is 41.8 Å². The lowest BCUT2D eigenvalue weighted by atomic mass is 10.1. The van der Waals surface area contributed by atoms with Crippen LogP contribution in [0.15, 0.2) is 53.6 Å². The predicted molar refractivity (Wildman–Crippen MR) is 82.3 cm³/mol. The van der Waals surface area contributed by atoms with E-state index in [1.54, 1.807) is 30.5 Å². The quantitative estimate of drug-likeness (QED) is 0.676. The molecule has 2 rings (SSSR count). The van der Waals surface area contributed by atoms with Crippen molar-refractivity contribution >= 4 is 23.7 Å². The molecule has 0 heterocycles. The Labute approximate surface area is 123 Å². The minimum Gasteiger partial charge on any atom is -0.267 e. The maximum absolute atomic E-state index is 11.8. The van der Waals surface area contributed by atoms with Gasteiger partial charge in [0.25, 0.3) is 5.91 Å². The van der Waals surface area contributed by atoms with E-state index >= 15 is 0 Å². The van der Waals surface area contributed by atoms with Gasteiger partial charge in [-0.1, -0.05) is 42.8 Å². The van der Waals surface area contributed by atoms with Crippen molar-refractivity contribution in [1.82, 2.24) is 5.43 Å². The topological polar surface area (TPSA) is 41.5 Å². The molecule has 102 valence electrons. The molecule has 20 heavy (non-hydrogen) atoms. The molecule has 0 saturated carbocycles. The SMILES string of the molecule is CCc1ccc(/C=N/NC(=O)c2ccc(Cl)cc2)cc1. The molecule has 0 atom stereocenters. The highest BCUT2D eigenvalue weighted by Gasteiger charge is 2.02. The number of hydrogen-bond donors (Lipinski definition) is 1. The third-order valence-corrected chi connectivity index (χ3v) is 3.13. The van der Waals surface area contributed by atoms with E-state index in [-0.39, 0.29) is 5.91 Å². The molecule has 3 nitrogen and oxygen atoms in total. The molecule has 0 spiro atoms. The van der Waals surface area contributed by atoms with Gasteiger partial charge in [0.05, 0.1) is 6.21 Å². The molecule has 0 aliphatic heterocycles. The fraction of sp³-hybridized carbons (Fsp3) is 0.125. The first-order chi connectivity index (χ1) is 9.69. The summed E-state index contributed by atoms with van der Waals surface area (Å²) in [6, 6.07) is 14.7. The van der Waals surface area contributed by atoms with Crippen LogP contribution in [0.2, 0.25) is 5.02 Å². The largest absolute Gasteiger partial charge is 0.271 e. The van der Waals surface area contributed by atoms with Gasteiger partial charge in [0.1, 0.15) is 0 Å². The van der Waals surface area contributed by atoms with E-state index in [9.17, 15) is 4.79 Å². The Kier molecular flexibility index (Phi) is 4.91. The highest BCUT2D eigenvalue weighted by atomic mass is 35.5. The molecule has 0 unspecified atom stereocenters. The van der Waals surface area contributed by atoms with Gasteiger partial charge in [-0.25, -0.2) is 5.43 Å². The summed E-state index contributed by atoms with van der Waals surface area (Å²) in [5, 5.41) is 4.54. The fourth-order valence-electron chi connectivity index (χ4n) is 1.67. The summed E-state index contributed by atoms with van der Waals surface area (Å²) in [5.41, 5.74) is 5.22. The number of rotatable bonds is 4. The Morgan fingerprint density at radius 1 is 1.15 bits per heavy atom. The Morgan fingerprint density at radius 2 is 1.80 bits per heavy atom. The average molecular weight is 287 g/mol. The maximum atomic E-state index is 11.8. The van der Waals surface area contributed by atoms with Crippen LogP contribution in [0.3, 0.4) is 0 Å². The van der Waals surface area contributed by atoms with Gasteiger partial charge in [-0.2, -0.15) is 5.10 Å². The van der Waals surface area contributed by atoms with Gasteiger partial charge < -0.3 is 0 Å². The molecule has 0 fully saturated rings. The molecule has 0 aliphatic carbocycles. The first kappa shape index (κ1) is 14.3. The zero-order chi connectivity index (χ0) is 14.4. The normalized spacial score (nSPS) is 10.7. The predicted octanol–water partition coefficient (Wildman–Crippen LogP) is 3.67. The molecule has 0 aromatic heterocycles. The van der Waals surface area contributed by atoms with Gasteiger partial charge in [0.15, 0.2) is 0 Å². The van der Waals surface area contributed by atoms with E-state index in [4.69, 9.17) is 11.6 Å². The first-order valence-corrected chi connectivity index (χ1v) is 6.74. The van der Waals surface area contributed by atoms with E-state index in [0.29, 0.717) is 10.6 Å². The number of hydrazone groups is 1. The number of aryl methyl sites for hydroxylation is 1. The van der Waals surface area contributed by atoms with E-state index in [2.05, 4.69) is 17.5 Å². The van der Waals surface area contributed by atoms with Crippen LogP contribution in [-0.4, -0.2) is 12.1 Å². The number of nitrogens with one attached hydrogen (secondary N) is 1. The molecule has 0 saturated heterocycles. The molecule has 2 aromatic rings. The molecular weight excluding hydrogens is 272 g/mol. The standard InChI is InChI=1S/C16H15ClN2O/c1-2-12-3-5-13(6-4-12)11-18-19-16(20)14-7-9-15(17)10-8-14/h3-11H,2H2,1H3,(H,19,20)/b18-11+. The van der Waals surface area contributed by atoms with E-state index in [1.165, 1.54) is 5.56 Å². The van der Waals surface area contributed by atoms with Crippen molar-refractivity contribution in [3.05, 3.63) is 70.2 Å². The third kappa shape index (κ3) is 3.93. The number of carbonyl (C=O) groups excluding carboxylic acids is 1. The number of carbonyl (C=O) groups is 1. The lowest BCUT2D eigenvalue weighted by molar-refractivity contribution is 0.0955. The molecule has 1 amide bonds. The average Bonchev–Trinajstić information content (AvgIpc) is 2.48. The molecule has 2 aromatic carbocycles. The lowest BCUT2D eigenvalue weighted by Crippen LogP contribution is -2.17. The number of halogens is 1. The summed E-state index contributed by atoms with van der Waals surface area (Å²) in [6.07, 6.45) is 2.62.